The molecule has 3 aromatic rings. The maximum atomic E-state index is 12.6. The number of hydrogen-bond acceptors (Lipinski definition) is 3. The molecule has 1 heterocycles. The topological polar surface area (TPSA) is 91.1 Å². The van der Waals surface area contributed by atoms with Gasteiger partial charge in [0.1, 0.15) is 0 Å². The normalized spacial score (nSPS) is 19.6. The predicted octanol–water partition coefficient (Wildman–Crippen LogP) is 2.23. The molecule has 0 saturated heterocycles. The summed E-state index contributed by atoms with van der Waals surface area (Å²) in [6.07, 6.45) is 2.29. The molecule has 0 saturated carbocycles. The first kappa shape index (κ1) is 18.5. The number of fused-ring (bicyclic) bond motifs is 2. The molecular weight excluding hydrogens is 350 g/mol. The minimum Gasteiger partial charge on any atom is -0.390 e. The van der Waals surface area contributed by atoms with Gasteiger partial charge >= 0.3 is 0 Å². The Morgan fingerprint density at radius 1 is 1.23 bits per heavy atom. The van der Waals surface area contributed by atoms with E-state index in [4.69, 9.17) is 5.73 Å². The summed E-state index contributed by atoms with van der Waals surface area (Å²) < 4.78 is 0. The number of carbonyl (C=O) groups excluding carboxylic acids is 1. The molecule has 6 heteroatoms. The van der Waals surface area contributed by atoms with Crippen LogP contribution in [0.2, 0.25) is 0 Å². The Morgan fingerprint density at radius 3 is 2.81 bits per heavy atom. The smallest absolute Gasteiger partial charge is 0.237 e. The minimum atomic E-state index is -0.667. The molecule has 2 aromatic carbocycles. The summed E-state index contributed by atoms with van der Waals surface area (Å²) in [4.78, 5) is 15.8. The Hall–Kier alpha value is -2.34. The van der Waals surface area contributed by atoms with Gasteiger partial charge in [-0.15, -0.1) is 12.4 Å². The van der Waals surface area contributed by atoms with Gasteiger partial charge in [-0.05, 0) is 29.2 Å². The van der Waals surface area contributed by atoms with Gasteiger partial charge in [0.15, 0.2) is 0 Å². The van der Waals surface area contributed by atoms with Gasteiger partial charge in [-0.1, -0.05) is 42.5 Å². The number of halogens is 1. The van der Waals surface area contributed by atoms with E-state index in [9.17, 15) is 9.90 Å². The molecular formula is C20H22ClN3O2. The van der Waals surface area contributed by atoms with Crippen LogP contribution in [-0.2, 0) is 17.6 Å². The number of amides is 1. The molecule has 3 atom stereocenters. The Morgan fingerprint density at radius 2 is 1.96 bits per heavy atom. The fourth-order valence-electron chi connectivity index (χ4n) is 3.64. The minimum absolute atomic E-state index is 0. The molecule has 1 aliphatic carbocycles. The number of aromatic nitrogens is 1. The Balaban J connectivity index is 0.00000196. The fraction of sp³-hybridized carbons (Fsp3) is 0.250. The average Bonchev–Trinajstić information content (AvgIpc) is 3.16. The van der Waals surface area contributed by atoms with Gasteiger partial charge in [-0.25, -0.2) is 0 Å². The second kappa shape index (κ2) is 7.50. The third-order valence-electron chi connectivity index (χ3n) is 4.95. The first-order chi connectivity index (χ1) is 12.1. The van der Waals surface area contributed by atoms with Gasteiger partial charge in [-0.2, -0.15) is 0 Å². The second-order valence-corrected chi connectivity index (χ2v) is 6.63. The predicted molar refractivity (Wildman–Crippen MR) is 104 cm³/mol. The maximum absolute atomic E-state index is 12.6. The molecule has 5 N–H and O–H groups in total. The molecule has 0 fully saturated rings. The number of aromatic amines is 1. The molecule has 1 aromatic heterocycles. The van der Waals surface area contributed by atoms with E-state index in [1.165, 1.54) is 0 Å². The van der Waals surface area contributed by atoms with E-state index >= 15 is 0 Å². The number of benzene rings is 2. The number of para-hydroxylation sites is 1. The molecule has 5 nitrogen and oxygen atoms in total. The highest BCUT2D eigenvalue weighted by molar-refractivity contribution is 5.86. The average molecular weight is 372 g/mol. The van der Waals surface area contributed by atoms with Crippen molar-refractivity contribution in [3.05, 3.63) is 71.4 Å². The highest BCUT2D eigenvalue weighted by atomic mass is 35.5. The summed E-state index contributed by atoms with van der Waals surface area (Å²) in [6, 6.07) is 14.7. The molecule has 0 bridgehead atoms. The van der Waals surface area contributed by atoms with Crippen molar-refractivity contribution in [2.75, 3.05) is 0 Å². The summed E-state index contributed by atoms with van der Waals surface area (Å²) in [5.41, 5.74) is 10.2. The third kappa shape index (κ3) is 3.33. The summed E-state index contributed by atoms with van der Waals surface area (Å²) in [5.74, 6) is -0.244. The van der Waals surface area contributed by atoms with E-state index in [0.717, 1.165) is 27.6 Å². The largest absolute Gasteiger partial charge is 0.390 e. The number of aliphatic hydroxyl groups excluding tert-OH is 1. The Kier molecular flexibility index (Phi) is 5.32. The van der Waals surface area contributed by atoms with E-state index in [1.54, 1.807) is 0 Å². The molecule has 4 rings (SSSR count). The van der Waals surface area contributed by atoms with Crippen molar-refractivity contribution in [1.82, 2.24) is 10.3 Å². The van der Waals surface area contributed by atoms with E-state index < -0.39 is 18.2 Å². The van der Waals surface area contributed by atoms with Crippen molar-refractivity contribution < 1.29 is 9.90 Å². The van der Waals surface area contributed by atoms with Gasteiger partial charge in [-0.3, -0.25) is 4.79 Å². The number of nitrogens with one attached hydrogen (secondary N) is 2. The first-order valence-corrected chi connectivity index (χ1v) is 8.50. The van der Waals surface area contributed by atoms with Crippen LogP contribution in [0.15, 0.2) is 54.7 Å². The molecule has 0 aliphatic heterocycles. The quantitative estimate of drug-likeness (QED) is 0.566. The molecule has 0 radical (unpaired) electrons. The van der Waals surface area contributed by atoms with Gasteiger partial charge < -0.3 is 21.1 Å². The van der Waals surface area contributed by atoms with Crippen LogP contribution in [0, 0.1) is 0 Å². The Bertz CT molecular complexity index is 924. The number of H-pyrrole nitrogens is 1. The Labute approximate surface area is 158 Å². The first-order valence-electron chi connectivity index (χ1n) is 8.50. The zero-order valence-corrected chi connectivity index (χ0v) is 15.0. The lowest BCUT2D eigenvalue weighted by molar-refractivity contribution is -0.123. The van der Waals surface area contributed by atoms with Crippen LogP contribution in [0.5, 0.6) is 0 Å². The van der Waals surface area contributed by atoms with Gasteiger partial charge in [0.05, 0.1) is 18.2 Å². The maximum Gasteiger partial charge on any atom is 0.237 e. The van der Waals surface area contributed by atoms with Crippen molar-refractivity contribution in [1.29, 1.82) is 0 Å². The van der Waals surface area contributed by atoms with Crippen LogP contribution in [0.3, 0.4) is 0 Å². The second-order valence-electron chi connectivity index (χ2n) is 6.63. The number of nitrogens with two attached hydrogens (primary N) is 1. The molecule has 26 heavy (non-hydrogen) atoms. The van der Waals surface area contributed by atoms with Crippen molar-refractivity contribution in [2.24, 2.45) is 5.73 Å². The molecule has 136 valence electrons. The number of hydrogen-bond donors (Lipinski definition) is 4. The van der Waals surface area contributed by atoms with Crippen LogP contribution >= 0.6 is 12.4 Å². The monoisotopic (exact) mass is 371 g/mol. The molecule has 1 aliphatic rings. The molecule has 0 spiro atoms. The van der Waals surface area contributed by atoms with Crippen molar-refractivity contribution >= 4 is 29.2 Å². The van der Waals surface area contributed by atoms with E-state index in [1.807, 2.05) is 54.7 Å². The highest BCUT2D eigenvalue weighted by Crippen LogP contribution is 2.31. The zero-order valence-electron chi connectivity index (χ0n) is 14.2. The van der Waals surface area contributed by atoms with Crippen LogP contribution in [0.4, 0.5) is 0 Å². The summed E-state index contributed by atoms with van der Waals surface area (Å²) in [5, 5.41) is 14.3. The van der Waals surface area contributed by atoms with E-state index in [-0.39, 0.29) is 18.3 Å². The SMILES string of the molecule is Cl.N[C@@H](Cc1c[nH]c2ccccc12)C(=O)N[C@H]1c2ccccc2C[C@H]1O. The van der Waals surface area contributed by atoms with Crippen molar-refractivity contribution in [3.63, 3.8) is 0 Å². The van der Waals surface area contributed by atoms with Crippen molar-refractivity contribution in [3.8, 4) is 0 Å². The lowest BCUT2D eigenvalue weighted by Gasteiger charge is -2.20. The lowest BCUT2D eigenvalue weighted by Crippen LogP contribution is -2.45. The summed E-state index contributed by atoms with van der Waals surface area (Å²) in [6.45, 7) is 0. The van der Waals surface area contributed by atoms with Crippen LogP contribution in [-0.4, -0.2) is 28.1 Å². The molecule has 0 unspecified atom stereocenters. The van der Waals surface area contributed by atoms with Crippen molar-refractivity contribution in [2.45, 2.75) is 31.0 Å². The van der Waals surface area contributed by atoms with Crippen LogP contribution in [0.25, 0.3) is 10.9 Å². The van der Waals surface area contributed by atoms with E-state index in [0.29, 0.717) is 12.8 Å². The van der Waals surface area contributed by atoms with Gasteiger partial charge in [0.2, 0.25) is 5.91 Å². The standard InChI is InChI=1S/C20H21N3O2.ClH/c21-16(9-13-11-22-17-8-4-3-6-14(13)17)20(25)23-19-15-7-2-1-5-12(15)10-18(19)24;/h1-8,11,16,18-19,22,24H,9-10,21H2,(H,23,25);1H/t16-,18+,19-;/m0./s1. The van der Waals surface area contributed by atoms with Gasteiger partial charge in [0.25, 0.3) is 0 Å². The van der Waals surface area contributed by atoms with E-state index in [2.05, 4.69) is 10.3 Å². The van der Waals surface area contributed by atoms with Crippen LogP contribution in [0.1, 0.15) is 22.7 Å². The molecule has 1 amide bonds. The van der Waals surface area contributed by atoms with Crippen LogP contribution < -0.4 is 11.1 Å². The zero-order chi connectivity index (χ0) is 17.4. The fourth-order valence-corrected chi connectivity index (χ4v) is 3.64. The summed E-state index contributed by atoms with van der Waals surface area (Å²) in [7, 11) is 0. The van der Waals surface area contributed by atoms with Gasteiger partial charge in [0, 0.05) is 23.5 Å². The lowest BCUT2D eigenvalue weighted by atomic mass is 10.0. The highest BCUT2D eigenvalue weighted by Gasteiger charge is 2.32. The number of aliphatic hydroxyl groups is 1. The summed E-state index contributed by atoms with van der Waals surface area (Å²) >= 11 is 0. The third-order valence-corrected chi connectivity index (χ3v) is 4.95. The number of rotatable bonds is 4. The number of carbonyl (C=O) groups is 1.